The van der Waals surface area contributed by atoms with Crippen LogP contribution in [0.25, 0.3) is 11.0 Å². The lowest BCUT2D eigenvalue weighted by atomic mass is 10.2. The Morgan fingerprint density at radius 1 is 0.903 bits per heavy atom. The van der Waals surface area contributed by atoms with Gasteiger partial charge in [-0.2, -0.15) is 0 Å². The zero-order valence-electron chi connectivity index (χ0n) is 17.9. The molecule has 0 radical (unpaired) electrons. The van der Waals surface area contributed by atoms with E-state index in [9.17, 15) is 0 Å². The fourth-order valence-corrected chi connectivity index (χ4v) is 3.89. The Kier molecular flexibility index (Phi) is 7.47. The number of halogens is 2. The summed E-state index contributed by atoms with van der Waals surface area (Å²) in [6.07, 6.45) is 1.80. The molecule has 162 valence electrons. The molecule has 0 N–H and O–H groups in total. The van der Waals surface area contributed by atoms with Gasteiger partial charge in [-0.25, -0.2) is 0 Å². The predicted molar refractivity (Wildman–Crippen MR) is 129 cm³/mol. The van der Waals surface area contributed by atoms with E-state index in [1.807, 2.05) is 55.5 Å². The molecule has 0 fully saturated rings. The van der Waals surface area contributed by atoms with Gasteiger partial charge in [0.15, 0.2) is 0 Å². The highest BCUT2D eigenvalue weighted by Crippen LogP contribution is 2.33. The molecule has 0 aliphatic carbocycles. The number of aryl methyl sites for hydroxylation is 1. The molecule has 2 aromatic heterocycles. The first-order valence-corrected chi connectivity index (χ1v) is 10.5. The molecule has 0 spiro atoms. The third-order valence-corrected chi connectivity index (χ3v) is 5.77. The molecule has 0 saturated carbocycles. The van der Waals surface area contributed by atoms with Gasteiger partial charge in [0.05, 0.1) is 12.1 Å². The summed E-state index contributed by atoms with van der Waals surface area (Å²) < 4.78 is 14.3. The highest BCUT2D eigenvalue weighted by molar-refractivity contribution is 6.31. The van der Waals surface area contributed by atoms with Crippen molar-refractivity contribution < 1.29 is 9.47 Å². The van der Waals surface area contributed by atoms with E-state index in [4.69, 9.17) is 21.1 Å². The van der Waals surface area contributed by atoms with Gasteiger partial charge in [0.1, 0.15) is 23.6 Å². The van der Waals surface area contributed by atoms with Crippen LogP contribution in [0.2, 0.25) is 5.02 Å². The Hall–Kier alpha value is -2.69. The molecule has 0 bridgehead atoms. The molecule has 2 aromatic carbocycles. The zero-order chi connectivity index (χ0) is 21.1. The molecule has 4 nitrogen and oxygen atoms in total. The lowest BCUT2D eigenvalue weighted by Crippen LogP contribution is -2.05. The van der Waals surface area contributed by atoms with Crippen molar-refractivity contribution in [3.8, 4) is 11.5 Å². The molecule has 31 heavy (non-hydrogen) atoms. The van der Waals surface area contributed by atoms with Crippen LogP contribution in [0.3, 0.4) is 0 Å². The van der Waals surface area contributed by atoms with Gasteiger partial charge in [-0.15, -0.1) is 12.4 Å². The summed E-state index contributed by atoms with van der Waals surface area (Å²) in [6.45, 7) is 7.90. The second-order valence-corrected chi connectivity index (χ2v) is 7.63. The van der Waals surface area contributed by atoms with Gasteiger partial charge in [0, 0.05) is 35.1 Å². The quantitative estimate of drug-likeness (QED) is 0.308. The Morgan fingerprint density at radius 3 is 2.35 bits per heavy atom. The minimum Gasteiger partial charge on any atom is -0.493 e. The van der Waals surface area contributed by atoms with Crippen LogP contribution in [-0.2, 0) is 13.2 Å². The van der Waals surface area contributed by atoms with Crippen molar-refractivity contribution in [1.29, 1.82) is 0 Å². The fraction of sp³-hybridized carbons (Fsp3) is 0.240. The van der Waals surface area contributed by atoms with E-state index in [0.717, 1.165) is 49.9 Å². The molecule has 0 saturated heterocycles. The summed E-state index contributed by atoms with van der Waals surface area (Å²) in [5, 5.41) is 0.758. The van der Waals surface area contributed by atoms with Crippen LogP contribution in [0.4, 0.5) is 0 Å². The van der Waals surface area contributed by atoms with Crippen LogP contribution >= 0.6 is 24.0 Å². The second kappa shape index (κ2) is 10.1. The first-order valence-electron chi connectivity index (χ1n) is 10.1. The van der Waals surface area contributed by atoms with Crippen LogP contribution in [0.1, 0.15) is 29.3 Å². The van der Waals surface area contributed by atoms with E-state index >= 15 is 0 Å². The number of benzene rings is 2. The number of nitrogens with zero attached hydrogens (tertiary/aromatic N) is 2. The van der Waals surface area contributed by atoms with Crippen LogP contribution in [0.15, 0.2) is 60.8 Å². The van der Waals surface area contributed by atoms with Crippen LogP contribution in [-0.4, -0.2) is 16.2 Å². The number of rotatable bonds is 7. The maximum atomic E-state index is 6.44. The smallest absolute Gasteiger partial charge is 0.147 e. The van der Waals surface area contributed by atoms with Crippen molar-refractivity contribution in [1.82, 2.24) is 9.55 Å². The lowest BCUT2D eigenvalue weighted by molar-refractivity contribution is 0.288. The summed E-state index contributed by atoms with van der Waals surface area (Å²) in [4.78, 5) is 4.63. The molecule has 0 amide bonds. The van der Waals surface area contributed by atoms with Crippen LogP contribution in [0, 0.1) is 13.8 Å². The van der Waals surface area contributed by atoms with Gasteiger partial charge in [-0.1, -0.05) is 48.0 Å². The van der Waals surface area contributed by atoms with Crippen LogP contribution < -0.4 is 9.47 Å². The molecule has 4 rings (SSSR count). The summed E-state index contributed by atoms with van der Waals surface area (Å²) in [6, 6.07) is 17.8. The highest BCUT2D eigenvalue weighted by Gasteiger charge is 2.18. The summed E-state index contributed by atoms with van der Waals surface area (Å²) in [5.41, 5.74) is 6.33. The van der Waals surface area contributed by atoms with Crippen molar-refractivity contribution in [2.75, 3.05) is 6.61 Å². The Balaban J connectivity index is 0.00000272. The minimum atomic E-state index is 0. The van der Waals surface area contributed by atoms with Crippen molar-refractivity contribution in [2.45, 2.75) is 33.9 Å². The number of fused-ring (bicyclic) bond motifs is 1. The molecule has 2 heterocycles. The number of para-hydroxylation sites is 1. The van der Waals surface area contributed by atoms with Crippen molar-refractivity contribution in [2.24, 2.45) is 0 Å². The molecule has 0 aliphatic heterocycles. The monoisotopic (exact) mass is 456 g/mol. The fourth-order valence-electron chi connectivity index (χ4n) is 3.70. The van der Waals surface area contributed by atoms with E-state index in [1.54, 1.807) is 6.20 Å². The Bertz CT molecular complexity index is 1190. The number of hydrogen-bond donors (Lipinski definition) is 0. The highest BCUT2D eigenvalue weighted by atomic mass is 35.5. The molecular weight excluding hydrogens is 431 g/mol. The predicted octanol–water partition coefficient (Wildman–Crippen LogP) is 6.75. The van der Waals surface area contributed by atoms with Gasteiger partial charge in [0.25, 0.3) is 0 Å². The summed E-state index contributed by atoms with van der Waals surface area (Å²) in [7, 11) is 0. The molecule has 6 heteroatoms. The van der Waals surface area contributed by atoms with Crippen molar-refractivity contribution in [3.05, 3.63) is 88.2 Å². The third-order valence-electron chi connectivity index (χ3n) is 5.40. The molecule has 4 aromatic rings. The number of aromatic nitrogens is 2. The Labute approximate surface area is 194 Å². The first kappa shape index (κ1) is 23.0. The normalized spacial score (nSPS) is 10.7. The SMILES string of the molecule is CCOc1ccccc1COc1ccnc2c(C)c(C)n(Cc3ccccc3Cl)c12.Cl. The summed E-state index contributed by atoms with van der Waals surface area (Å²) in [5.74, 6) is 1.65. The van der Waals surface area contributed by atoms with Crippen LogP contribution in [0.5, 0.6) is 11.5 Å². The van der Waals surface area contributed by atoms with E-state index in [0.29, 0.717) is 19.8 Å². The largest absolute Gasteiger partial charge is 0.493 e. The van der Waals surface area contributed by atoms with Gasteiger partial charge in [-0.05, 0) is 44.0 Å². The number of hydrogen-bond acceptors (Lipinski definition) is 3. The maximum absolute atomic E-state index is 6.44. The lowest BCUT2D eigenvalue weighted by Gasteiger charge is -2.15. The second-order valence-electron chi connectivity index (χ2n) is 7.22. The van der Waals surface area contributed by atoms with Crippen molar-refractivity contribution in [3.63, 3.8) is 0 Å². The molecular formula is C25H26Cl2N2O2. The minimum absolute atomic E-state index is 0. The number of pyridine rings is 1. The third kappa shape index (κ3) is 4.65. The molecule has 0 atom stereocenters. The van der Waals surface area contributed by atoms with Gasteiger partial charge < -0.3 is 14.0 Å². The van der Waals surface area contributed by atoms with Gasteiger partial charge in [0.2, 0.25) is 0 Å². The standard InChI is InChI=1S/C25H25ClN2O2.ClH/c1-4-29-22-12-8-6-10-20(22)16-30-23-13-14-27-24-17(2)18(3)28(25(23)24)15-19-9-5-7-11-21(19)26;/h5-14H,4,15-16H2,1-3H3;1H. The van der Waals surface area contributed by atoms with Gasteiger partial charge >= 0.3 is 0 Å². The number of ether oxygens (including phenoxy) is 2. The van der Waals surface area contributed by atoms with E-state index in [-0.39, 0.29) is 12.4 Å². The first-order chi connectivity index (χ1) is 14.6. The van der Waals surface area contributed by atoms with E-state index < -0.39 is 0 Å². The van der Waals surface area contributed by atoms with E-state index in [2.05, 4.69) is 29.5 Å². The van der Waals surface area contributed by atoms with E-state index in [1.165, 1.54) is 0 Å². The average Bonchev–Trinajstić information content (AvgIpc) is 3.00. The maximum Gasteiger partial charge on any atom is 0.147 e. The van der Waals surface area contributed by atoms with Gasteiger partial charge in [-0.3, -0.25) is 4.98 Å². The molecule has 0 aliphatic rings. The zero-order valence-corrected chi connectivity index (χ0v) is 19.5. The molecule has 0 unspecified atom stereocenters. The topological polar surface area (TPSA) is 36.3 Å². The Morgan fingerprint density at radius 2 is 1.61 bits per heavy atom. The van der Waals surface area contributed by atoms with Crippen molar-refractivity contribution >= 4 is 35.0 Å². The average molecular weight is 457 g/mol. The summed E-state index contributed by atoms with van der Waals surface area (Å²) >= 11 is 6.44.